The largest absolute Gasteiger partial charge is 0.456 e. The van der Waals surface area contributed by atoms with E-state index in [0.717, 1.165) is 18.9 Å². The van der Waals surface area contributed by atoms with E-state index in [-0.39, 0.29) is 0 Å². The van der Waals surface area contributed by atoms with Crippen molar-refractivity contribution in [3.8, 4) is 0 Å². The third-order valence-corrected chi connectivity index (χ3v) is 5.43. The molecule has 9 heteroatoms. The van der Waals surface area contributed by atoms with Crippen molar-refractivity contribution in [2.75, 3.05) is 18.5 Å². The highest BCUT2D eigenvalue weighted by molar-refractivity contribution is 5.94. The Morgan fingerprint density at radius 2 is 1.82 bits per heavy atom. The highest BCUT2D eigenvalue weighted by atomic mass is 19.2. The molecule has 2 aliphatic carbocycles. The summed E-state index contributed by atoms with van der Waals surface area (Å²) in [5.41, 5.74) is -0.546. The molecule has 2 amide bonds. The van der Waals surface area contributed by atoms with Crippen LogP contribution in [0.4, 0.5) is 18.9 Å². The average Bonchev–Trinajstić information content (AvgIpc) is 3.28. The van der Waals surface area contributed by atoms with Crippen molar-refractivity contribution in [2.45, 2.75) is 32.1 Å². The standard InChI is InChI=1S/C19H21F3N2O4/c20-13-3-4-14(19(22)18(13)21)24-15(25)8-23-16(26)9-28-17(27)7-12-6-10-1-2-11(12)5-10/h3-4,10-12H,1-2,5-9H2,(H,23,26)(H,24,25)/t10-,11-,12-/m1/s1. The molecule has 0 saturated heterocycles. The molecule has 0 aliphatic heterocycles. The Balaban J connectivity index is 1.35. The Hall–Kier alpha value is -2.58. The van der Waals surface area contributed by atoms with Crippen LogP contribution < -0.4 is 10.6 Å². The number of benzene rings is 1. The van der Waals surface area contributed by atoms with E-state index in [4.69, 9.17) is 4.74 Å². The van der Waals surface area contributed by atoms with Crippen LogP contribution >= 0.6 is 0 Å². The highest BCUT2D eigenvalue weighted by Crippen LogP contribution is 2.49. The molecule has 0 unspecified atom stereocenters. The van der Waals surface area contributed by atoms with E-state index in [1.165, 1.54) is 12.8 Å². The number of hydrogen-bond acceptors (Lipinski definition) is 4. The number of ether oxygens (including phenoxy) is 1. The minimum absolute atomic E-state index is 0.296. The molecule has 6 nitrogen and oxygen atoms in total. The van der Waals surface area contributed by atoms with Crippen LogP contribution in [0.2, 0.25) is 0 Å². The van der Waals surface area contributed by atoms with Crippen molar-refractivity contribution in [3.05, 3.63) is 29.6 Å². The van der Waals surface area contributed by atoms with Gasteiger partial charge in [-0.3, -0.25) is 14.4 Å². The number of nitrogens with one attached hydrogen (secondary N) is 2. The van der Waals surface area contributed by atoms with E-state index in [0.29, 0.717) is 30.2 Å². The number of rotatable bonds is 7. The number of carbonyl (C=O) groups excluding carboxylic acids is 3. The van der Waals surface area contributed by atoms with Crippen molar-refractivity contribution < 1.29 is 32.3 Å². The number of amides is 2. The molecule has 2 bridgehead atoms. The summed E-state index contributed by atoms with van der Waals surface area (Å²) in [7, 11) is 0. The number of halogens is 3. The van der Waals surface area contributed by atoms with Gasteiger partial charge in [-0.05, 0) is 49.1 Å². The second-order valence-electron chi connectivity index (χ2n) is 7.35. The first-order valence-corrected chi connectivity index (χ1v) is 9.19. The second kappa shape index (κ2) is 8.62. The predicted molar refractivity (Wildman–Crippen MR) is 92.5 cm³/mol. The lowest BCUT2D eigenvalue weighted by atomic mass is 9.86. The second-order valence-corrected chi connectivity index (χ2v) is 7.35. The molecule has 1 aromatic carbocycles. The summed E-state index contributed by atoms with van der Waals surface area (Å²) < 4.78 is 44.4. The molecule has 2 N–H and O–H groups in total. The summed E-state index contributed by atoms with van der Waals surface area (Å²) in [4.78, 5) is 35.2. The van der Waals surface area contributed by atoms with Crippen LogP contribution in [0.3, 0.4) is 0 Å². The molecule has 0 spiro atoms. The first-order valence-electron chi connectivity index (χ1n) is 9.19. The van der Waals surface area contributed by atoms with Crippen molar-refractivity contribution in [1.82, 2.24) is 5.32 Å². The fourth-order valence-electron chi connectivity index (χ4n) is 4.09. The van der Waals surface area contributed by atoms with E-state index < -0.39 is 54.1 Å². The number of esters is 1. The summed E-state index contributed by atoms with van der Waals surface area (Å²) in [6.45, 7) is -1.06. The lowest BCUT2D eigenvalue weighted by Gasteiger charge is -2.20. The molecule has 28 heavy (non-hydrogen) atoms. The molecule has 152 valence electrons. The van der Waals surface area contributed by atoms with E-state index in [9.17, 15) is 27.6 Å². The summed E-state index contributed by atoms with van der Waals surface area (Å²) >= 11 is 0. The minimum Gasteiger partial charge on any atom is -0.456 e. The predicted octanol–water partition coefficient (Wildman–Crippen LogP) is 2.53. The van der Waals surface area contributed by atoms with Gasteiger partial charge in [0.25, 0.3) is 5.91 Å². The zero-order valence-electron chi connectivity index (χ0n) is 15.1. The van der Waals surface area contributed by atoms with Crippen molar-refractivity contribution in [3.63, 3.8) is 0 Å². The quantitative estimate of drug-likeness (QED) is 0.546. The van der Waals surface area contributed by atoms with Gasteiger partial charge in [-0.15, -0.1) is 0 Å². The lowest BCUT2D eigenvalue weighted by molar-refractivity contribution is -0.149. The van der Waals surface area contributed by atoms with Crippen LogP contribution in [0.5, 0.6) is 0 Å². The SMILES string of the molecule is O=C(COC(=O)C[C@H]1C[C@@H]2CC[C@@H]1C2)NCC(=O)Nc1ccc(F)c(F)c1F. The fraction of sp³-hybridized carbons (Fsp3) is 0.526. The van der Waals surface area contributed by atoms with Crippen LogP contribution in [0.15, 0.2) is 12.1 Å². The van der Waals surface area contributed by atoms with Crippen molar-refractivity contribution in [2.24, 2.45) is 17.8 Å². The zero-order chi connectivity index (χ0) is 20.3. The van der Waals surface area contributed by atoms with Crippen molar-refractivity contribution >= 4 is 23.5 Å². The molecule has 0 radical (unpaired) electrons. The molecular formula is C19H21F3N2O4. The van der Waals surface area contributed by atoms with Gasteiger partial charge in [0.1, 0.15) is 0 Å². The number of fused-ring (bicyclic) bond motifs is 2. The fourth-order valence-corrected chi connectivity index (χ4v) is 4.09. The van der Waals surface area contributed by atoms with Gasteiger partial charge in [0.2, 0.25) is 5.91 Å². The monoisotopic (exact) mass is 398 g/mol. The Morgan fingerprint density at radius 1 is 1.04 bits per heavy atom. The van der Waals surface area contributed by atoms with Crippen LogP contribution in [0.25, 0.3) is 0 Å². The summed E-state index contributed by atoms with van der Waals surface area (Å²) in [5, 5.41) is 4.22. The molecule has 2 aliphatic rings. The highest BCUT2D eigenvalue weighted by Gasteiger charge is 2.40. The van der Waals surface area contributed by atoms with Gasteiger partial charge in [0.15, 0.2) is 24.1 Å². The van der Waals surface area contributed by atoms with Gasteiger partial charge >= 0.3 is 5.97 Å². The minimum atomic E-state index is -1.70. The van der Waals surface area contributed by atoms with E-state index in [2.05, 4.69) is 5.32 Å². The Kier molecular flexibility index (Phi) is 6.21. The molecule has 0 heterocycles. The Morgan fingerprint density at radius 3 is 2.50 bits per heavy atom. The average molecular weight is 398 g/mol. The van der Waals surface area contributed by atoms with Crippen LogP contribution in [-0.2, 0) is 19.1 Å². The maximum atomic E-state index is 13.5. The number of hydrogen-bond donors (Lipinski definition) is 2. The third kappa shape index (κ3) is 4.82. The zero-order valence-corrected chi connectivity index (χ0v) is 15.1. The maximum absolute atomic E-state index is 13.5. The number of anilines is 1. The molecule has 2 fully saturated rings. The first kappa shape index (κ1) is 20.2. The van der Waals surface area contributed by atoms with Gasteiger partial charge in [-0.2, -0.15) is 0 Å². The third-order valence-electron chi connectivity index (χ3n) is 5.43. The summed E-state index contributed by atoms with van der Waals surface area (Å²) in [5.74, 6) is -4.98. The van der Waals surface area contributed by atoms with E-state index in [1.807, 2.05) is 5.32 Å². The Labute approximate surface area is 159 Å². The first-order chi connectivity index (χ1) is 13.3. The molecule has 2 saturated carbocycles. The van der Waals surface area contributed by atoms with Crippen LogP contribution in [0.1, 0.15) is 32.1 Å². The van der Waals surface area contributed by atoms with E-state index >= 15 is 0 Å². The Bertz CT molecular complexity index is 787. The molecular weight excluding hydrogens is 377 g/mol. The normalized spacial score (nSPS) is 22.8. The summed E-state index contributed by atoms with van der Waals surface area (Å²) in [6, 6.07) is 1.53. The topological polar surface area (TPSA) is 84.5 Å². The number of carbonyl (C=O) groups is 3. The smallest absolute Gasteiger partial charge is 0.306 e. The lowest BCUT2D eigenvalue weighted by Crippen LogP contribution is -2.36. The van der Waals surface area contributed by atoms with Gasteiger partial charge in [-0.25, -0.2) is 13.2 Å². The van der Waals surface area contributed by atoms with Gasteiger partial charge in [0, 0.05) is 6.42 Å². The van der Waals surface area contributed by atoms with Crippen molar-refractivity contribution in [1.29, 1.82) is 0 Å². The molecule has 3 rings (SSSR count). The van der Waals surface area contributed by atoms with Gasteiger partial charge in [0.05, 0.1) is 12.2 Å². The van der Waals surface area contributed by atoms with Crippen LogP contribution in [0, 0.1) is 35.2 Å². The van der Waals surface area contributed by atoms with E-state index in [1.54, 1.807) is 0 Å². The molecule has 1 aromatic rings. The van der Waals surface area contributed by atoms with Gasteiger partial charge < -0.3 is 15.4 Å². The maximum Gasteiger partial charge on any atom is 0.306 e. The van der Waals surface area contributed by atoms with Gasteiger partial charge in [-0.1, -0.05) is 6.42 Å². The molecule has 3 atom stereocenters. The summed E-state index contributed by atoms with van der Waals surface area (Å²) in [6.07, 6.45) is 4.88. The van der Waals surface area contributed by atoms with Crippen LogP contribution in [-0.4, -0.2) is 30.9 Å². The molecule has 0 aromatic heterocycles.